The van der Waals surface area contributed by atoms with Gasteiger partial charge in [0.05, 0.1) is 7.11 Å². The highest BCUT2D eigenvalue weighted by Crippen LogP contribution is 2.28. The number of aryl methyl sites for hydroxylation is 2. The molecule has 0 saturated heterocycles. The van der Waals surface area contributed by atoms with Crippen LogP contribution in [0.5, 0.6) is 5.75 Å². The molecule has 0 bridgehead atoms. The maximum atomic E-state index is 13.3. The second-order valence-corrected chi connectivity index (χ2v) is 5.13. The summed E-state index contributed by atoms with van der Waals surface area (Å²) in [6, 6.07) is 10.5. The van der Waals surface area contributed by atoms with Gasteiger partial charge in [0.25, 0.3) is 0 Å². The van der Waals surface area contributed by atoms with Crippen molar-refractivity contribution in [2.75, 3.05) is 7.11 Å². The Morgan fingerprint density at radius 3 is 2.60 bits per heavy atom. The van der Waals surface area contributed by atoms with E-state index in [0.29, 0.717) is 6.42 Å². The second-order valence-electron chi connectivity index (χ2n) is 5.13. The summed E-state index contributed by atoms with van der Waals surface area (Å²) in [5, 5.41) is 0. The Morgan fingerprint density at radius 1 is 1.15 bits per heavy atom. The fraction of sp³-hybridized carbons (Fsp3) is 0.294. The number of hydrogen-bond donors (Lipinski definition) is 1. The molecule has 2 N–H and O–H groups in total. The summed E-state index contributed by atoms with van der Waals surface area (Å²) in [4.78, 5) is 0. The lowest BCUT2D eigenvalue weighted by Gasteiger charge is -2.17. The molecule has 0 saturated carbocycles. The lowest BCUT2D eigenvalue weighted by atomic mass is 9.95. The first kappa shape index (κ1) is 14.5. The van der Waals surface area contributed by atoms with Gasteiger partial charge in [-0.3, -0.25) is 0 Å². The number of methoxy groups -OCH3 is 1. The number of nitrogens with two attached hydrogens (primary N) is 1. The van der Waals surface area contributed by atoms with Gasteiger partial charge in [0.15, 0.2) is 0 Å². The Labute approximate surface area is 119 Å². The lowest BCUT2D eigenvalue weighted by Crippen LogP contribution is -2.15. The number of rotatable bonds is 4. The minimum absolute atomic E-state index is 0.217. The molecule has 0 aliphatic heterocycles. The molecule has 0 amide bonds. The van der Waals surface area contributed by atoms with Gasteiger partial charge in [0, 0.05) is 11.6 Å². The normalized spacial score (nSPS) is 12.2. The lowest BCUT2D eigenvalue weighted by molar-refractivity contribution is 0.405. The van der Waals surface area contributed by atoms with Crippen LogP contribution in [-0.2, 0) is 6.42 Å². The molecule has 2 aromatic rings. The van der Waals surface area contributed by atoms with Gasteiger partial charge < -0.3 is 10.5 Å². The van der Waals surface area contributed by atoms with E-state index in [-0.39, 0.29) is 11.9 Å². The Morgan fingerprint density at radius 2 is 1.90 bits per heavy atom. The molecule has 0 radical (unpaired) electrons. The number of hydrogen-bond acceptors (Lipinski definition) is 2. The van der Waals surface area contributed by atoms with E-state index in [2.05, 4.69) is 0 Å². The van der Waals surface area contributed by atoms with Crippen molar-refractivity contribution in [3.63, 3.8) is 0 Å². The van der Waals surface area contributed by atoms with Crippen molar-refractivity contribution in [2.24, 2.45) is 5.73 Å². The first-order valence-corrected chi connectivity index (χ1v) is 6.66. The van der Waals surface area contributed by atoms with Crippen molar-refractivity contribution < 1.29 is 9.13 Å². The van der Waals surface area contributed by atoms with Gasteiger partial charge in [0.2, 0.25) is 0 Å². The van der Waals surface area contributed by atoms with E-state index < -0.39 is 0 Å². The van der Waals surface area contributed by atoms with Gasteiger partial charge in [-0.05, 0) is 55.2 Å². The number of halogens is 1. The van der Waals surface area contributed by atoms with Crippen molar-refractivity contribution in [1.82, 2.24) is 0 Å². The third kappa shape index (κ3) is 3.17. The summed E-state index contributed by atoms with van der Waals surface area (Å²) in [6.07, 6.45) is 0.586. The van der Waals surface area contributed by atoms with Crippen LogP contribution in [0.1, 0.15) is 28.3 Å². The van der Waals surface area contributed by atoms with Gasteiger partial charge in [-0.15, -0.1) is 0 Å². The molecule has 0 spiro atoms. The van der Waals surface area contributed by atoms with Crippen molar-refractivity contribution in [3.8, 4) is 5.75 Å². The van der Waals surface area contributed by atoms with E-state index in [1.807, 2.05) is 32.0 Å². The van der Waals surface area contributed by atoms with Gasteiger partial charge in [-0.2, -0.15) is 0 Å². The zero-order chi connectivity index (χ0) is 14.7. The van der Waals surface area contributed by atoms with E-state index in [4.69, 9.17) is 10.5 Å². The largest absolute Gasteiger partial charge is 0.496 e. The molecule has 20 heavy (non-hydrogen) atoms. The molecular weight excluding hydrogens is 253 g/mol. The van der Waals surface area contributed by atoms with E-state index in [1.54, 1.807) is 19.2 Å². The van der Waals surface area contributed by atoms with Gasteiger partial charge in [0.1, 0.15) is 11.6 Å². The predicted molar refractivity (Wildman–Crippen MR) is 79.5 cm³/mol. The van der Waals surface area contributed by atoms with E-state index in [0.717, 1.165) is 28.0 Å². The average Bonchev–Trinajstić information content (AvgIpc) is 2.42. The molecule has 0 aliphatic carbocycles. The third-order valence-corrected chi connectivity index (χ3v) is 3.54. The van der Waals surface area contributed by atoms with Crippen LogP contribution in [0.25, 0.3) is 0 Å². The molecule has 106 valence electrons. The van der Waals surface area contributed by atoms with Crippen LogP contribution in [0, 0.1) is 19.7 Å². The monoisotopic (exact) mass is 273 g/mol. The SMILES string of the molecule is COc1cc(C)ccc1C(N)Cc1cc(F)ccc1C. The highest BCUT2D eigenvalue weighted by atomic mass is 19.1. The quantitative estimate of drug-likeness (QED) is 0.922. The maximum absolute atomic E-state index is 13.3. The second kappa shape index (κ2) is 6.06. The summed E-state index contributed by atoms with van der Waals surface area (Å²) < 4.78 is 18.7. The molecule has 0 heterocycles. The van der Waals surface area contributed by atoms with Gasteiger partial charge >= 0.3 is 0 Å². The van der Waals surface area contributed by atoms with Crippen LogP contribution in [0.3, 0.4) is 0 Å². The molecule has 1 unspecified atom stereocenters. The van der Waals surface area contributed by atoms with Crippen LogP contribution >= 0.6 is 0 Å². The van der Waals surface area contributed by atoms with Crippen LogP contribution < -0.4 is 10.5 Å². The zero-order valence-corrected chi connectivity index (χ0v) is 12.1. The summed E-state index contributed by atoms with van der Waals surface area (Å²) >= 11 is 0. The number of ether oxygens (including phenoxy) is 1. The van der Waals surface area contributed by atoms with Crippen molar-refractivity contribution >= 4 is 0 Å². The molecular formula is C17H20FNO. The van der Waals surface area contributed by atoms with E-state index in [1.165, 1.54) is 6.07 Å². The van der Waals surface area contributed by atoms with E-state index >= 15 is 0 Å². The van der Waals surface area contributed by atoms with Gasteiger partial charge in [-0.1, -0.05) is 18.2 Å². The molecule has 2 aromatic carbocycles. The maximum Gasteiger partial charge on any atom is 0.123 e. The first-order valence-electron chi connectivity index (χ1n) is 6.66. The van der Waals surface area contributed by atoms with Crippen LogP contribution in [-0.4, -0.2) is 7.11 Å². The molecule has 3 heteroatoms. The smallest absolute Gasteiger partial charge is 0.123 e. The predicted octanol–water partition coefficient (Wildman–Crippen LogP) is 3.69. The first-order chi connectivity index (χ1) is 9.51. The standard InChI is InChI=1S/C17H20FNO/c1-11-4-7-15(17(8-11)20-3)16(19)10-13-9-14(18)6-5-12(13)2/h4-9,16H,10,19H2,1-3H3. The fourth-order valence-electron chi connectivity index (χ4n) is 2.33. The van der Waals surface area contributed by atoms with Crippen molar-refractivity contribution in [3.05, 3.63) is 64.5 Å². The topological polar surface area (TPSA) is 35.2 Å². The zero-order valence-electron chi connectivity index (χ0n) is 12.1. The molecule has 0 fully saturated rings. The molecule has 0 aromatic heterocycles. The van der Waals surface area contributed by atoms with E-state index in [9.17, 15) is 4.39 Å². The Bertz CT molecular complexity index is 610. The minimum atomic E-state index is -0.228. The third-order valence-electron chi connectivity index (χ3n) is 3.54. The van der Waals surface area contributed by atoms with Crippen molar-refractivity contribution in [1.29, 1.82) is 0 Å². The summed E-state index contributed by atoms with van der Waals surface area (Å²) in [7, 11) is 1.64. The fourth-order valence-corrected chi connectivity index (χ4v) is 2.33. The summed E-state index contributed by atoms with van der Waals surface area (Å²) in [5.74, 6) is 0.556. The molecule has 2 rings (SSSR count). The summed E-state index contributed by atoms with van der Waals surface area (Å²) in [5.41, 5.74) is 10.3. The highest BCUT2D eigenvalue weighted by molar-refractivity contribution is 5.40. The average molecular weight is 273 g/mol. The molecule has 0 aliphatic rings. The van der Waals surface area contributed by atoms with Crippen LogP contribution in [0.2, 0.25) is 0 Å². The van der Waals surface area contributed by atoms with Crippen molar-refractivity contribution in [2.45, 2.75) is 26.3 Å². The van der Waals surface area contributed by atoms with Gasteiger partial charge in [-0.25, -0.2) is 4.39 Å². The minimum Gasteiger partial charge on any atom is -0.496 e. The summed E-state index contributed by atoms with van der Waals surface area (Å²) in [6.45, 7) is 3.97. The molecule has 2 nitrogen and oxygen atoms in total. The Balaban J connectivity index is 2.28. The van der Waals surface area contributed by atoms with Crippen LogP contribution in [0.15, 0.2) is 36.4 Å². The Hall–Kier alpha value is -1.87. The molecule has 1 atom stereocenters. The number of benzene rings is 2. The van der Waals surface area contributed by atoms with Crippen LogP contribution in [0.4, 0.5) is 4.39 Å². The Kier molecular flexibility index (Phi) is 4.40. The highest BCUT2D eigenvalue weighted by Gasteiger charge is 2.14.